The van der Waals surface area contributed by atoms with Crippen LogP contribution in [0.2, 0.25) is 0 Å². The molecule has 1 aromatic rings. The van der Waals surface area contributed by atoms with Gasteiger partial charge in [0.15, 0.2) is 0 Å². The Morgan fingerprint density at radius 3 is 2.80 bits per heavy atom. The van der Waals surface area contributed by atoms with E-state index in [0.717, 1.165) is 18.4 Å². The minimum Gasteiger partial charge on any atom is -0.534 e. The number of fused-ring (bicyclic) bond motifs is 1. The Hall–Kier alpha value is -2.28. The molecule has 1 fully saturated rings. The molecule has 1 amide bonds. The summed E-state index contributed by atoms with van der Waals surface area (Å²) in [4.78, 5) is 23.9. The predicted octanol–water partition coefficient (Wildman–Crippen LogP) is 3.45. The van der Waals surface area contributed by atoms with Gasteiger partial charge in [0.1, 0.15) is 17.3 Å². The number of carbonyl (C=O) groups is 2. The van der Waals surface area contributed by atoms with Gasteiger partial charge in [0.05, 0.1) is 18.1 Å². The van der Waals surface area contributed by atoms with Crippen LogP contribution in [0.5, 0.6) is 5.75 Å². The average molecular weight is 413 g/mol. The SMILES string of the molecule is C=C(OCCC(=O)CC1CCCCC1)c1cccc2c1OB(O)[C@@H](NC(=O)CC)C2. The summed E-state index contributed by atoms with van der Waals surface area (Å²) in [5.74, 6) is 1.09. The third-order valence-electron chi connectivity index (χ3n) is 5.99. The molecule has 0 bridgehead atoms. The molecule has 2 aliphatic rings. The summed E-state index contributed by atoms with van der Waals surface area (Å²) in [6, 6.07) is 5.59. The Balaban J connectivity index is 1.54. The van der Waals surface area contributed by atoms with E-state index in [0.29, 0.717) is 48.7 Å². The van der Waals surface area contributed by atoms with Crippen LogP contribution in [0.3, 0.4) is 0 Å². The molecule has 7 heteroatoms. The summed E-state index contributed by atoms with van der Waals surface area (Å²) in [6.07, 6.45) is 7.92. The molecule has 1 saturated carbocycles. The van der Waals surface area contributed by atoms with Gasteiger partial charge in [-0.3, -0.25) is 9.59 Å². The summed E-state index contributed by atoms with van der Waals surface area (Å²) < 4.78 is 11.5. The van der Waals surface area contributed by atoms with Crippen LogP contribution in [-0.4, -0.2) is 36.4 Å². The van der Waals surface area contributed by atoms with Gasteiger partial charge in [-0.05, 0) is 24.0 Å². The smallest absolute Gasteiger partial charge is 0.534 e. The number of ether oxygens (including phenoxy) is 1. The van der Waals surface area contributed by atoms with Crippen molar-refractivity contribution in [1.82, 2.24) is 5.32 Å². The topological polar surface area (TPSA) is 84.9 Å². The summed E-state index contributed by atoms with van der Waals surface area (Å²) >= 11 is 0. The lowest BCUT2D eigenvalue weighted by Crippen LogP contribution is -2.53. The molecule has 0 aromatic heterocycles. The number of amides is 1. The number of rotatable bonds is 9. The number of hydrogen-bond donors (Lipinski definition) is 2. The highest BCUT2D eigenvalue weighted by Crippen LogP contribution is 2.34. The van der Waals surface area contributed by atoms with Crippen LogP contribution in [-0.2, 0) is 20.7 Å². The fourth-order valence-electron chi connectivity index (χ4n) is 4.26. The molecule has 1 aromatic carbocycles. The molecule has 1 atom stereocenters. The van der Waals surface area contributed by atoms with E-state index in [-0.39, 0.29) is 18.3 Å². The van der Waals surface area contributed by atoms with E-state index < -0.39 is 13.1 Å². The number of Topliss-reactive ketones (excluding diaryl/α,β-unsaturated/α-hetero) is 1. The Labute approximate surface area is 179 Å². The van der Waals surface area contributed by atoms with Crippen molar-refractivity contribution in [2.75, 3.05) is 6.61 Å². The highest BCUT2D eigenvalue weighted by molar-refractivity contribution is 6.46. The van der Waals surface area contributed by atoms with E-state index in [4.69, 9.17) is 9.39 Å². The third-order valence-corrected chi connectivity index (χ3v) is 5.99. The third kappa shape index (κ3) is 5.88. The van der Waals surface area contributed by atoms with Gasteiger partial charge in [-0.1, -0.05) is 57.7 Å². The van der Waals surface area contributed by atoms with Crippen molar-refractivity contribution in [2.45, 2.75) is 70.7 Å². The molecular weight excluding hydrogens is 381 g/mol. The number of hydrogen-bond acceptors (Lipinski definition) is 5. The predicted molar refractivity (Wildman–Crippen MR) is 117 cm³/mol. The van der Waals surface area contributed by atoms with Gasteiger partial charge in [-0.2, -0.15) is 0 Å². The molecule has 3 rings (SSSR count). The van der Waals surface area contributed by atoms with Gasteiger partial charge >= 0.3 is 7.12 Å². The minimum absolute atomic E-state index is 0.132. The first-order valence-corrected chi connectivity index (χ1v) is 11.1. The molecule has 1 aliphatic heterocycles. The molecule has 0 unspecified atom stereocenters. The molecule has 1 aliphatic carbocycles. The number of carbonyl (C=O) groups excluding carboxylic acids is 2. The first kappa shape index (κ1) is 22.4. The van der Waals surface area contributed by atoms with Crippen LogP contribution in [0.4, 0.5) is 0 Å². The number of benzene rings is 1. The summed E-state index contributed by atoms with van der Waals surface area (Å²) in [7, 11) is -1.14. The minimum atomic E-state index is -1.14. The first-order valence-electron chi connectivity index (χ1n) is 11.1. The monoisotopic (exact) mass is 413 g/mol. The highest BCUT2D eigenvalue weighted by atomic mass is 16.5. The van der Waals surface area contributed by atoms with E-state index >= 15 is 0 Å². The van der Waals surface area contributed by atoms with Crippen molar-refractivity contribution in [2.24, 2.45) is 5.92 Å². The van der Waals surface area contributed by atoms with E-state index in [1.165, 1.54) is 19.3 Å². The quantitative estimate of drug-likeness (QED) is 0.479. The maximum Gasteiger partial charge on any atom is 0.547 e. The van der Waals surface area contributed by atoms with Crippen molar-refractivity contribution in [3.05, 3.63) is 35.9 Å². The van der Waals surface area contributed by atoms with E-state index in [1.54, 1.807) is 6.92 Å². The normalized spacial score (nSPS) is 18.9. The fourth-order valence-corrected chi connectivity index (χ4v) is 4.26. The van der Waals surface area contributed by atoms with Crippen molar-refractivity contribution >= 4 is 24.6 Å². The Morgan fingerprint density at radius 1 is 1.30 bits per heavy atom. The molecule has 6 nitrogen and oxygen atoms in total. The molecule has 0 spiro atoms. The maximum absolute atomic E-state index is 12.3. The maximum atomic E-state index is 12.3. The van der Waals surface area contributed by atoms with Crippen LogP contribution in [0.25, 0.3) is 5.76 Å². The second kappa shape index (κ2) is 10.7. The van der Waals surface area contributed by atoms with Gasteiger partial charge < -0.3 is 19.7 Å². The van der Waals surface area contributed by atoms with Crippen molar-refractivity contribution < 1.29 is 24.0 Å². The highest BCUT2D eigenvalue weighted by Gasteiger charge is 2.37. The van der Waals surface area contributed by atoms with Crippen molar-refractivity contribution in [1.29, 1.82) is 0 Å². The van der Waals surface area contributed by atoms with Crippen LogP contribution in [0.1, 0.15) is 69.4 Å². The van der Waals surface area contributed by atoms with Crippen LogP contribution in [0, 0.1) is 5.92 Å². The van der Waals surface area contributed by atoms with Gasteiger partial charge in [-0.15, -0.1) is 0 Å². The lowest BCUT2D eigenvalue weighted by atomic mass is 9.72. The summed E-state index contributed by atoms with van der Waals surface area (Å²) in [5.41, 5.74) is 1.53. The van der Waals surface area contributed by atoms with E-state index in [1.807, 2.05) is 18.2 Å². The van der Waals surface area contributed by atoms with Crippen LogP contribution < -0.4 is 9.97 Å². The van der Waals surface area contributed by atoms with Gasteiger partial charge in [0, 0.05) is 19.3 Å². The largest absolute Gasteiger partial charge is 0.547 e. The second-order valence-electron chi connectivity index (χ2n) is 8.30. The fraction of sp³-hybridized carbons (Fsp3) is 0.565. The lowest BCUT2D eigenvalue weighted by Gasteiger charge is -2.29. The zero-order chi connectivity index (χ0) is 21.5. The van der Waals surface area contributed by atoms with Gasteiger partial charge in [0.2, 0.25) is 5.91 Å². The standard InChI is InChI=1S/C23H32BNO5/c1-3-22(27)25-21-15-18-10-7-11-20(23(18)30-24(21)28)16(2)29-13-12-19(26)14-17-8-5-4-6-9-17/h7,10-11,17,21,28H,2-6,8-9,12-15H2,1H3,(H,25,27)/t21-/m0/s1. The number of para-hydroxylation sites is 1. The second-order valence-corrected chi connectivity index (χ2v) is 8.30. The number of ketones is 1. The zero-order valence-electron chi connectivity index (χ0n) is 17.8. The molecule has 0 radical (unpaired) electrons. The van der Waals surface area contributed by atoms with Gasteiger partial charge in [-0.25, -0.2) is 0 Å². The lowest BCUT2D eigenvalue weighted by molar-refractivity contribution is -0.121. The van der Waals surface area contributed by atoms with E-state index in [2.05, 4.69) is 11.9 Å². The molecular formula is C23H32BNO5. The molecule has 2 N–H and O–H groups in total. The first-order chi connectivity index (χ1) is 14.5. The average Bonchev–Trinajstić information content (AvgIpc) is 2.74. The van der Waals surface area contributed by atoms with E-state index in [9.17, 15) is 14.6 Å². The molecule has 30 heavy (non-hydrogen) atoms. The Bertz CT molecular complexity index is 775. The molecule has 0 saturated heterocycles. The van der Waals surface area contributed by atoms with Crippen LogP contribution in [0.15, 0.2) is 24.8 Å². The zero-order valence-corrected chi connectivity index (χ0v) is 17.8. The Kier molecular flexibility index (Phi) is 7.97. The Morgan fingerprint density at radius 2 is 2.07 bits per heavy atom. The van der Waals surface area contributed by atoms with Crippen LogP contribution >= 0.6 is 0 Å². The summed E-state index contributed by atoms with van der Waals surface area (Å²) in [6.45, 7) is 6.03. The molecule has 162 valence electrons. The number of nitrogens with one attached hydrogen (secondary N) is 1. The van der Waals surface area contributed by atoms with Crippen molar-refractivity contribution in [3.63, 3.8) is 0 Å². The van der Waals surface area contributed by atoms with Crippen molar-refractivity contribution in [3.8, 4) is 5.75 Å². The summed E-state index contributed by atoms with van der Waals surface area (Å²) in [5, 5.41) is 13.1. The molecule has 1 heterocycles. The van der Waals surface area contributed by atoms with Gasteiger partial charge in [0.25, 0.3) is 0 Å².